The Labute approximate surface area is 127 Å². The summed E-state index contributed by atoms with van der Waals surface area (Å²) in [5.74, 6) is 0.855. The van der Waals surface area contributed by atoms with E-state index in [1.807, 2.05) is 0 Å². The van der Waals surface area contributed by atoms with Crippen LogP contribution in [0, 0.1) is 11.3 Å². The van der Waals surface area contributed by atoms with Gasteiger partial charge in [-0.25, -0.2) is 0 Å². The minimum Gasteiger partial charge on any atom is -0.330 e. The molecule has 1 heterocycles. The van der Waals surface area contributed by atoms with Crippen LogP contribution in [0.3, 0.4) is 0 Å². The molecule has 3 nitrogen and oxygen atoms in total. The highest BCUT2D eigenvalue weighted by Crippen LogP contribution is 2.45. The van der Waals surface area contributed by atoms with Crippen molar-refractivity contribution >= 4 is 10.9 Å². The first kappa shape index (κ1) is 14.6. The molecule has 21 heavy (non-hydrogen) atoms. The third kappa shape index (κ3) is 2.59. The molecule has 2 N–H and O–H groups in total. The number of aryl methyl sites for hydroxylation is 1. The van der Waals surface area contributed by atoms with E-state index in [2.05, 4.69) is 42.8 Å². The Kier molecular flexibility index (Phi) is 4.03. The normalized spacial score (nSPS) is 25.8. The van der Waals surface area contributed by atoms with Crippen LogP contribution in [0.4, 0.5) is 0 Å². The number of nitrogens with zero attached hydrogens (tertiary/aromatic N) is 2. The maximum absolute atomic E-state index is 6.18. The Balaban J connectivity index is 1.94. The van der Waals surface area contributed by atoms with Gasteiger partial charge >= 0.3 is 0 Å². The molecule has 0 aliphatic heterocycles. The third-order valence-electron chi connectivity index (χ3n) is 5.39. The fourth-order valence-electron chi connectivity index (χ4n) is 4.02. The lowest BCUT2D eigenvalue weighted by Crippen LogP contribution is -2.30. The fraction of sp³-hybridized carbons (Fsp3) is 0.611. The summed E-state index contributed by atoms with van der Waals surface area (Å²) in [7, 11) is 0. The highest BCUT2D eigenvalue weighted by molar-refractivity contribution is 5.82. The van der Waals surface area contributed by atoms with Crippen molar-refractivity contribution in [1.82, 2.24) is 9.78 Å². The Morgan fingerprint density at radius 3 is 2.81 bits per heavy atom. The predicted octanol–water partition coefficient (Wildman–Crippen LogP) is 3.75. The van der Waals surface area contributed by atoms with Crippen LogP contribution < -0.4 is 5.73 Å². The van der Waals surface area contributed by atoms with Crippen LogP contribution in [-0.4, -0.2) is 16.3 Å². The SMILES string of the molecule is CCC1CCC(CN)(Cc2nn(CC)c3ccccc23)C1. The highest BCUT2D eigenvalue weighted by atomic mass is 15.3. The van der Waals surface area contributed by atoms with Gasteiger partial charge in [-0.15, -0.1) is 0 Å². The summed E-state index contributed by atoms with van der Waals surface area (Å²) in [5.41, 5.74) is 8.96. The van der Waals surface area contributed by atoms with Crippen LogP contribution in [0.2, 0.25) is 0 Å². The summed E-state index contributed by atoms with van der Waals surface area (Å²) in [5, 5.41) is 6.19. The first-order valence-corrected chi connectivity index (χ1v) is 8.36. The summed E-state index contributed by atoms with van der Waals surface area (Å²) in [6.45, 7) is 6.17. The fourth-order valence-corrected chi connectivity index (χ4v) is 4.02. The molecule has 1 aromatic carbocycles. The zero-order valence-corrected chi connectivity index (χ0v) is 13.3. The van der Waals surface area contributed by atoms with Crippen LogP contribution in [0.1, 0.15) is 45.2 Å². The van der Waals surface area contributed by atoms with Crippen molar-refractivity contribution in [1.29, 1.82) is 0 Å². The summed E-state index contributed by atoms with van der Waals surface area (Å²) < 4.78 is 2.13. The molecule has 1 fully saturated rings. The average molecular weight is 285 g/mol. The van der Waals surface area contributed by atoms with Crippen molar-refractivity contribution in [2.45, 2.75) is 52.5 Å². The average Bonchev–Trinajstić information content (AvgIpc) is 3.10. The topological polar surface area (TPSA) is 43.8 Å². The molecule has 3 rings (SSSR count). The Morgan fingerprint density at radius 2 is 2.14 bits per heavy atom. The van der Waals surface area contributed by atoms with Crippen LogP contribution >= 0.6 is 0 Å². The number of benzene rings is 1. The molecular formula is C18H27N3. The van der Waals surface area contributed by atoms with Gasteiger partial charge in [-0.3, -0.25) is 4.68 Å². The Morgan fingerprint density at radius 1 is 1.33 bits per heavy atom. The van der Waals surface area contributed by atoms with E-state index in [0.29, 0.717) is 0 Å². The standard InChI is InChI=1S/C18H27N3/c1-3-14-9-10-18(11-14,13-19)12-16-15-7-5-6-8-17(15)21(4-2)20-16/h5-8,14H,3-4,9-13,19H2,1-2H3. The van der Waals surface area contributed by atoms with E-state index < -0.39 is 0 Å². The van der Waals surface area contributed by atoms with Gasteiger partial charge in [-0.05, 0) is 56.6 Å². The number of aromatic nitrogens is 2. The molecule has 1 aliphatic rings. The van der Waals surface area contributed by atoms with Gasteiger partial charge in [0.1, 0.15) is 0 Å². The van der Waals surface area contributed by atoms with Crippen LogP contribution in [-0.2, 0) is 13.0 Å². The Bertz CT molecular complexity index is 616. The van der Waals surface area contributed by atoms with Crippen LogP contribution in [0.25, 0.3) is 10.9 Å². The van der Waals surface area contributed by atoms with E-state index >= 15 is 0 Å². The first-order chi connectivity index (χ1) is 10.2. The monoisotopic (exact) mass is 285 g/mol. The molecule has 2 atom stereocenters. The van der Waals surface area contributed by atoms with Crippen molar-refractivity contribution in [3.63, 3.8) is 0 Å². The van der Waals surface area contributed by atoms with Crippen LogP contribution in [0.5, 0.6) is 0 Å². The lowest BCUT2D eigenvalue weighted by atomic mass is 9.80. The number of fused-ring (bicyclic) bond motifs is 1. The lowest BCUT2D eigenvalue weighted by molar-refractivity contribution is 0.287. The van der Waals surface area contributed by atoms with E-state index in [1.54, 1.807) is 0 Å². The largest absolute Gasteiger partial charge is 0.330 e. The second-order valence-corrected chi connectivity index (χ2v) is 6.68. The molecule has 2 aromatic rings. The third-order valence-corrected chi connectivity index (χ3v) is 5.39. The highest BCUT2D eigenvalue weighted by Gasteiger charge is 2.38. The van der Waals surface area contributed by atoms with E-state index in [4.69, 9.17) is 10.8 Å². The van der Waals surface area contributed by atoms with Gasteiger partial charge in [0.2, 0.25) is 0 Å². The van der Waals surface area contributed by atoms with Gasteiger partial charge in [0.05, 0.1) is 11.2 Å². The predicted molar refractivity (Wildman–Crippen MR) is 88.2 cm³/mol. The number of hydrogen-bond donors (Lipinski definition) is 1. The zero-order chi connectivity index (χ0) is 14.9. The molecule has 1 aliphatic carbocycles. The molecule has 2 unspecified atom stereocenters. The molecular weight excluding hydrogens is 258 g/mol. The van der Waals surface area contributed by atoms with Gasteiger partial charge in [0.25, 0.3) is 0 Å². The maximum Gasteiger partial charge on any atom is 0.0709 e. The molecule has 3 heteroatoms. The minimum absolute atomic E-state index is 0.274. The van der Waals surface area contributed by atoms with E-state index in [9.17, 15) is 0 Å². The smallest absolute Gasteiger partial charge is 0.0709 e. The summed E-state index contributed by atoms with van der Waals surface area (Å²) in [4.78, 5) is 0. The number of para-hydroxylation sites is 1. The summed E-state index contributed by atoms with van der Waals surface area (Å²) in [6.07, 6.45) is 6.18. The molecule has 0 bridgehead atoms. The number of nitrogens with two attached hydrogens (primary N) is 1. The lowest BCUT2D eigenvalue weighted by Gasteiger charge is -2.27. The van der Waals surface area contributed by atoms with E-state index in [-0.39, 0.29) is 5.41 Å². The molecule has 0 spiro atoms. The van der Waals surface area contributed by atoms with Gasteiger partial charge in [0, 0.05) is 11.9 Å². The molecule has 114 valence electrons. The summed E-state index contributed by atoms with van der Waals surface area (Å²) in [6, 6.07) is 8.60. The van der Waals surface area contributed by atoms with E-state index in [1.165, 1.54) is 42.3 Å². The second-order valence-electron chi connectivity index (χ2n) is 6.68. The van der Waals surface area contributed by atoms with Crippen molar-refractivity contribution in [3.05, 3.63) is 30.0 Å². The first-order valence-electron chi connectivity index (χ1n) is 8.36. The number of rotatable bonds is 5. The minimum atomic E-state index is 0.274. The second kappa shape index (κ2) is 5.80. The molecule has 1 saturated carbocycles. The van der Waals surface area contributed by atoms with Crippen molar-refractivity contribution in [2.24, 2.45) is 17.1 Å². The van der Waals surface area contributed by atoms with Crippen LogP contribution in [0.15, 0.2) is 24.3 Å². The molecule has 1 aromatic heterocycles. The van der Waals surface area contributed by atoms with Gasteiger partial charge in [-0.2, -0.15) is 5.10 Å². The maximum atomic E-state index is 6.18. The van der Waals surface area contributed by atoms with Gasteiger partial charge in [0.15, 0.2) is 0 Å². The molecule has 0 amide bonds. The van der Waals surface area contributed by atoms with Gasteiger partial charge < -0.3 is 5.73 Å². The van der Waals surface area contributed by atoms with Gasteiger partial charge in [-0.1, -0.05) is 31.5 Å². The molecule has 0 radical (unpaired) electrons. The quantitative estimate of drug-likeness (QED) is 0.909. The Hall–Kier alpha value is -1.35. The van der Waals surface area contributed by atoms with Crippen molar-refractivity contribution < 1.29 is 0 Å². The summed E-state index contributed by atoms with van der Waals surface area (Å²) >= 11 is 0. The molecule has 0 saturated heterocycles. The van der Waals surface area contributed by atoms with Crippen molar-refractivity contribution in [2.75, 3.05) is 6.54 Å². The number of hydrogen-bond acceptors (Lipinski definition) is 2. The zero-order valence-electron chi connectivity index (χ0n) is 13.3. The van der Waals surface area contributed by atoms with E-state index in [0.717, 1.165) is 25.4 Å². The van der Waals surface area contributed by atoms with Crippen molar-refractivity contribution in [3.8, 4) is 0 Å².